The van der Waals surface area contributed by atoms with Gasteiger partial charge in [0.15, 0.2) is 0 Å². The minimum atomic E-state index is -0.981. The Bertz CT molecular complexity index is 887. The van der Waals surface area contributed by atoms with Crippen LogP contribution in [0.4, 0.5) is 0 Å². The lowest BCUT2D eigenvalue weighted by molar-refractivity contribution is 0.0699. The van der Waals surface area contributed by atoms with Gasteiger partial charge in [0.25, 0.3) is 0 Å². The fraction of sp³-hybridized carbons (Fsp3) is 0. The van der Waals surface area contributed by atoms with Crippen LogP contribution < -0.4 is 0 Å². The maximum absolute atomic E-state index is 11.3. The number of carboxylic acids is 1. The quantitative estimate of drug-likeness (QED) is 0.759. The SMILES string of the molecule is O=C(O)c1cccc2ccc(C=Cc3ccccc3Cl)nc12. The second-order valence-electron chi connectivity index (χ2n) is 4.77. The lowest BCUT2D eigenvalue weighted by atomic mass is 10.1. The fourth-order valence-electron chi connectivity index (χ4n) is 2.21. The van der Waals surface area contributed by atoms with Crippen LogP contribution in [0.3, 0.4) is 0 Å². The number of benzene rings is 2. The third-order valence-electron chi connectivity index (χ3n) is 3.31. The van der Waals surface area contributed by atoms with Gasteiger partial charge >= 0.3 is 5.97 Å². The van der Waals surface area contributed by atoms with Crippen LogP contribution in [0.2, 0.25) is 5.02 Å². The van der Waals surface area contributed by atoms with Crippen LogP contribution in [0.5, 0.6) is 0 Å². The highest BCUT2D eigenvalue weighted by molar-refractivity contribution is 6.32. The van der Waals surface area contributed by atoms with Gasteiger partial charge in [0.05, 0.1) is 16.8 Å². The van der Waals surface area contributed by atoms with E-state index < -0.39 is 5.97 Å². The number of rotatable bonds is 3. The molecule has 22 heavy (non-hydrogen) atoms. The Hall–Kier alpha value is -2.65. The Morgan fingerprint density at radius 3 is 2.59 bits per heavy atom. The van der Waals surface area contributed by atoms with E-state index in [0.29, 0.717) is 16.2 Å². The van der Waals surface area contributed by atoms with E-state index in [4.69, 9.17) is 11.6 Å². The normalized spacial score (nSPS) is 11.1. The maximum Gasteiger partial charge on any atom is 0.337 e. The van der Waals surface area contributed by atoms with E-state index in [1.807, 2.05) is 54.6 Å². The van der Waals surface area contributed by atoms with Crippen molar-refractivity contribution in [2.24, 2.45) is 0 Å². The summed E-state index contributed by atoms with van der Waals surface area (Å²) < 4.78 is 0. The molecule has 0 spiro atoms. The van der Waals surface area contributed by atoms with Gasteiger partial charge in [0.2, 0.25) is 0 Å². The molecule has 4 heteroatoms. The van der Waals surface area contributed by atoms with Gasteiger partial charge in [-0.05, 0) is 29.8 Å². The molecule has 0 atom stereocenters. The van der Waals surface area contributed by atoms with Crippen molar-refractivity contribution in [3.8, 4) is 0 Å². The van der Waals surface area contributed by atoms with E-state index in [1.165, 1.54) is 0 Å². The molecular formula is C18H12ClNO2. The largest absolute Gasteiger partial charge is 0.478 e. The van der Waals surface area contributed by atoms with Crippen LogP contribution >= 0.6 is 11.6 Å². The van der Waals surface area contributed by atoms with Crippen molar-refractivity contribution in [2.75, 3.05) is 0 Å². The minimum Gasteiger partial charge on any atom is -0.478 e. The third-order valence-corrected chi connectivity index (χ3v) is 3.66. The van der Waals surface area contributed by atoms with Gasteiger partial charge in [0.1, 0.15) is 0 Å². The molecule has 1 N–H and O–H groups in total. The average Bonchev–Trinajstić information content (AvgIpc) is 2.53. The number of carboxylic acid groups (broad SMARTS) is 1. The van der Waals surface area contributed by atoms with Gasteiger partial charge in [-0.2, -0.15) is 0 Å². The van der Waals surface area contributed by atoms with Gasteiger partial charge in [-0.1, -0.05) is 54.1 Å². The lowest BCUT2D eigenvalue weighted by Crippen LogP contribution is -1.99. The predicted molar refractivity (Wildman–Crippen MR) is 89.1 cm³/mol. The van der Waals surface area contributed by atoms with E-state index in [2.05, 4.69) is 4.98 Å². The number of hydrogen-bond donors (Lipinski definition) is 1. The first kappa shape index (κ1) is 14.3. The molecule has 0 radical (unpaired) electrons. The second-order valence-corrected chi connectivity index (χ2v) is 5.18. The summed E-state index contributed by atoms with van der Waals surface area (Å²) >= 11 is 6.10. The number of nitrogens with zero attached hydrogens (tertiary/aromatic N) is 1. The topological polar surface area (TPSA) is 50.2 Å². The Labute approximate surface area is 132 Å². The van der Waals surface area contributed by atoms with Crippen LogP contribution in [0.25, 0.3) is 23.1 Å². The number of hydrogen-bond acceptors (Lipinski definition) is 2. The minimum absolute atomic E-state index is 0.200. The highest BCUT2D eigenvalue weighted by Crippen LogP contribution is 2.20. The van der Waals surface area contributed by atoms with Gasteiger partial charge in [-0.25, -0.2) is 9.78 Å². The third kappa shape index (κ3) is 2.85. The molecule has 1 heterocycles. The van der Waals surface area contributed by atoms with Gasteiger partial charge < -0.3 is 5.11 Å². The number of fused-ring (bicyclic) bond motifs is 1. The number of para-hydroxylation sites is 1. The molecule has 0 unspecified atom stereocenters. The number of carbonyl (C=O) groups is 1. The molecule has 108 valence electrons. The molecular weight excluding hydrogens is 298 g/mol. The first-order chi connectivity index (χ1) is 10.6. The van der Waals surface area contributed by atoms with E-state index in [1.54, 1.807) is 12.1 Å². The standard InChI is InChI=1S/C18H12ClNO2/c19-16-7-2-1-4-12(16)8-10-14-11-9-13-5-3-6-15(18(21)22)17(13)20-14/h1-11H,(H,21,22). The van der Waals surface area contributed by atoms with E-state index in [9.17, 15) is 9.90 Å². The molecule has 0 aliphatic carbocycles. The van der Waals surface area contributed by atoms with Crippen LogP contribution in [-0.4, -0.2) is 16.1 Å². The molecule has 3 aromatic rings. The van der Waals surface area contributed by atoms with Gasteiger partial charge in [-0.15, -0.1) is 0 Å². The van der Waals surface area contributed by atoms with Gasteiger partial charge in [0, 0.05) is 10.4 Å². The zero-order valence-corrected chi connectivity index (χ0v) is 12.3. The molecule has 0 bridgehead atoms. The van der Waals surface area contributed by atoms with Crippen molar-refractivity contribution in [1.29, 1.82) is 0 Å². The van der Waals surface area contributed by atoms with E-state index in [0.717, 1.165) is 10.9 Å². The van der Waals surface area contributed by atoms with Crippen LogP contribution in [0, 0.1) is 0 Å². The smallest absolute Gasteiger partial charge is 0.337 e. The van der Waals surface area contributed by atoms with Crippen LogP contribution in [0.1, 0.15) is 21.6 Å². The van der Waals surface area contributed by atoms with Crippen molar-refractivity contribution >= 4 is 40.6 Å². The molecule has 3 rings (SSSR count). The summed E-state index contributed by atoms with van der Waals surface area (Å²) in [6.07, 6.45) is 3.68. The summed E-state index contributed by atoms with van der Waals surface area (Å²) in [6.45, 7) is 0. The van der Waals surface area contributed by atoms with E-state index in [-0.39, 0.29) is 5.56 Å². The lowest BCUT2D eigenvalue weighted by Gasteiger charge is -2.03. The van der Waals surface area contributed by atoms with Crippen molar-refractivity contribution < 1.29 is 9.90 Å². The molecule has 0 aliphatic rings. The highest BCUT2D eigenvalue weighted by atomic mass is 35.5. The van der Waals surface area contributed by atoms with Crippen molar-refractivity contribution in [1.82, 2.24) is 4.98 Å². The summed E-state index contributed by atoms with van der Waals surface area (Å²) in [4.78, 5) is 15.7. The fourth-order valence-corrected chi connectivity index (χ4v) is 2.41. The monoisotopic (exact) mass is 309 g/mol. The molecule has 0 fully saturated rings. The predicted octanol–water partition coefficient (Wildman–Crippen LogP) is 4.76. The van der Waals surface area contributed by atoms with Crippen LogP contribution in [0.15, 0.2) is 54.6 Å². The Kier molecular flexibility index (Phi) is 3.90. The molecule has 0 aliphatic heterocycles. The Balaban J connectivity index is 2.04. The second kappa shape index (κ2) is 6.00. The molecule has 0 saturated heterocycles. The maximum atomic E-state index is 11.3. The van der Waals surface area contributed by atoms with E-state index >= 15 is 0 Å². The molecule has 0 saturated carbocycles. The molecule has 1 aromatic heterocycles. The van der Waals surface area contributed by atoms with Crippen molar-refractivity contribution in [3.63, 3.8) is 0 Å². The summed E-state index contributed by atoms with van der Waals surface area (Å²) in [6, 6.07) is 16.3. The molecule has 3 nitrogen and oxygen atoms in total. The first-order valence-electron chi connectivity index (χ1n) is 6.71. The zero-order chi connectivity index (χ0) is 15.5. The summed E-state index contributed by atoms with van der Waals surface area (Å²) in [5, 5.41) is 10.7. The van der Waals surface area contributed by atoms with Crippen molar-refractivity contribution in [2.45, 2.75) is 0 Å². The zero-order valence-electron chi connectivity index (χ0n) is 11.5. The molecule has 2 aromatic carbocycles. The average molecular weight is 310 g/mol. The number of halogens is 1. The highest BCUT2D eigenvalue weighted by Gasteiger charge is 2.09. The summed E-state index contributed by atoms with van der Waals surface area (Å²) in [7, 11) is 0. The number of aromatic nitrogens is 1. The first-order valence-corrected chi connectivity index (χ1v) is 7.08. The number of pyridine rings is 1. The summed E-state index contributed by atoms with van der Waals surface area (Å²) in [5.74, 6) is -0.981. The van der Waals surface area contributed by atoms with Crippen LogP contribution in [-0.2, 0) is 0 Å². The van der Waals surface area contributed by atoms with Gasteiger partial charge in [-0.3, -0.25) is 0 Å². The number of aromatic carboxylic acids is 1. The van der Waals surface area contributed by atoms with Crippen molar-refractivity contribution in [3.05, 3.63) is 76.4 Å². The summed E-state index contributed by atoms with van der Waals surface area (Å²) in [5.41, 5.74) is 2.25. The Morgan fingerprint density at radius 1 is 1.00 bits per heavy atom. The Morgan fingerprint density at radius 2 is 1.82 bits per heavy atom. The molecule has 0 amide bonds.